The molecule has 0 aliphatic heterocycles. The third-order valence-electron chi connectivity index (χ3n) is 1.92. The Labute approximate surface area is 83.6 Å². The van der Waals surface area contributed by atoms with Gasteiger partial charge in [-0.05, 0) is 6.92 Å². The van der Waals surface area contributed by atoms with Crippen LogP contribution in [0, 0.1) is 6.92 Å². The molecule has 1 amide bonds. The summed E-state index contributed by atoms with van der Waals surface area (Å²) in [5.74, 6) is 0.239. The lowest BCUT2D eigenvalue weighted by Gasteiger charge is -2.16. The van der Waals surface area contributed by atoms with Gasteiger partial charge in [0.15, 0.2) is 0 Å². The molecule has 76 valence electrons. The minimum Gasteiger partial charge on any atom is -0.365 e. The molecular formula is C10H15N3O. The molecule has 0 spiro atoms. The van der Waals surface area contributed by atoms with Crippen LogP contribution in [0.3, 0.4) is 0 Å². The van der Waals surface area contributed by atoms with Crippen molar-refractivity contribution in [2.45, 2.75) is 33.1 Å². The highest BCUT2D eigenvalue weighted by Crippen LogP contribution is 2.18. The molecule has 2 N–H and O–H groups in total. The molecule has 4 heteroatoms. The Bertz CT molecular complexity index is 366. The van der Waals surface area contributed by atoms with Crippen molar-refractivity contribution >= 4 is 5.91 Å². The molecule has 0 saturated carbocycles. The maximum absolute atomic E-state index is 10.9. The van der Waals surface area contributed by atoms with E-state index in [4.69, 9.17) is 5.73 Å². The number of carbonyl (C=O) groups excluding carboxylic acids is 1. The smallest absolute Gasteiger partial charge is 0.252 e. The summed E-state index contributed by atoms with van der Waals surface area (Å²) in [6, 6.07) is 0. The second-order valence-corrected chi connectivity index (χ2v) is 4.31. The predicted molar refractivity (Wildman–Crippen MR) is 54.0 cm³/mol. The van der Waals surface area contributed by atoms with Crippen LogP contribution in [-0.4, -0.2) is 15.9 Å². The second-order valence-electron chi connectivity index (χ2n) is 4.31. The zero-order chi connectivity index (χ0) is 10.9. The molecule has 0 aromatic carbocycles. The molecule has 1 rings (SSSR count). The van der Waals surface area contributed by atoms with Gasteiger partial charge in [0.2, 0.25) is 0 Å². The molecule has 1 aromatic heterocycles. The average molecular weight is 193 g/mol. The lowest BCUT2D eigenvalue weighted by molar-refractivity contribution is 0.0998. The van der Waals surface area contributed by atoms with Crippen LogP contribution in [0.1, 0.15) is 42.6 Å². The van der Waals surface area contributed by atoms with Crippen LogP contribution < -0.4 is 5.73 Å². The van der Waals surface area contributed by atoms with Crippen LogP contribution >= 0.6 is 0 Å². The second kappa shape index (κ2) is 3.36. The first kappa shape index (κ1) is 10.6. The van der Waals surface area contributed by atoms with Crippen molar-refractivity contribution in [1.82, 2.24) is 9.97 Å². The quantitative estimate of drug-likeness (QED) is 0.728. The van der Waals surface area contributed by atoms with Gasteiger partial charge in [-0.25, -0.2) is 9.97 Å². The van der Waals surface area contributed by atoms with Crippen LogP contribution in [0.5, 0.6) is 0 Å². The lowest BCUT2D eigenvalue weighted by Crippen LogP contribution is -2.20. The monoisotopic (exact) mass is 193 g/mol. The highest BCUT2D eigenvalue weighted by atomic mass is 16.1. The minimum atomic E-state index is -0.483. The SMILES string of the molecule is Cc1nc(C(C)(C)C)ncc1C(N)=O. The van der Waals surface area contributed by atoms with Crippen molar-refractivity contribution in [2.75, 3.05) is 0 Å². The number of aromatic nitrogens is 2. The van der Waals surface area contributed by atoms with Gasteiger partial charge in [0, 0.05) is 11.6 Å². The summed E-state index contributed by atoms with van der Waals surface area (Å²) in [6.07, 6.45) is 1.49. The number of nitrogens with two attached hydrogens (primary N) is 1. The van der Waals surface area contributed by atoms with E-state index >= 15 is 0 Å². The van der Waals surface area contributed by atoms with Gasteiger partial charge in [0.25, 0.3) is 5.91 Å². The third kappa shape index (κ3) is 2.07. The topological polar surface area (TPSA) is 68.9 Å². The van der Waals surface area contributed by atoms with Gasteiger partial charge in [-0.2, -0.15) is 0 Å². The van der Waals surface area contributed by atoms with Gasteiger partial charge < -0.3 is 5.73 Å². The molecule has 0 aliphatic carbocycles. The number of amides is 1. The van der Waals surface area contributed by atoms with Gasteiger partial charge in [-0.3, -0.25) is 4.79 Å². The number of aryl methyl sites for hydroxylation is 1. The molecule has 0 unspecified atom stereocenters. The summed E-state index contributed by atoms with van der Waals surface area (Å²) in [4.78, 5) is 19.3. The molecule has 0 radical (unpaired) electrons. The normalized spacial score (nSPS) is 11.4. The van der Waals surface area contributed by atoms with Crippen molar-refractivity contribution in [3.63, 3.8) is 0 Å². The Balaban J connectivity index is 3.20. The van der Waals surface area contributed by atoms with Gasteiger partial charge in [0.05, 0.1) is 11.3 Å². The average Bonchev–Trinajstić information content (AvgIpc) is 2.01. The van der Waals surface area contributed by atoms with E-state index in [2.05, 4.69) is 9.97 Å². The fraction of sp³-hybridized carbons (Fsp3) is 0.500. The van der Waals surface area contributed by atoms with Crippen LogP contribution in [0.4, 0.5) is 0 Å². The van der Waals surface area contributed by atoms with E-state index in [0.29, 0.717) is 11.3 Å². The fourth-order valence-corrected chi connectivity index (χ4v) is 1.07. The molecule has 0 atom stereocenters. The van der Waals surface area contributed by atoms with E-state index in [-0.39, 0.29) is 5.41 Å². The third-order valence-corrected chi connectivity index (χ3v) is 1.92. The van der Waals surface area contributed by atoms with Crippen LogP contribution in [0.25, 0.3) is 0 Å². The largest absolute Gasteiger partial charge is 0.365 e. The van der Waals surface area contributed by atoms with E-state index in [0.717, 1.165) is 5.82 Å². The maximum atomic E-state index is 10.9. The molecule has 0 saturated heterocycles. The number of hydrogen-bond acceptors (Lipinski definition) is 3. The molecule has 1 aromatic rings. The molecule has 1 heterocycles. The zero-order valence-corrected chi connectivity index (χ0v) is 8.96. The summed E-state index contributed by atoms with van der Waals surface area (Å²) in [7, 11) is 0. The van der Waals surface area contributed by atoms with Crippen molar-refractivity contribution in [1.29, 1.82) is 0 Å². The van der Waals surface area contributed by atoms with E-state index in [1.54, 1.807) is 6.92 Å². The summed E-state index contributed by atoms with van der Waals surface area (Å²) >= 11 is 0. The summed E-state index contributed by atoms with van der Waals surface area (Å²) in [5, 5.41) is 0. The molecule has 4 nitrogen and oxygen atoms in total. The van der Waals surface area contributed by atoms with Crippen LogP contribution in [0.15, 0.2) is 6.20 Å². The molecule has 0 aliphatic rings. The predicted octanol–water partition coefficient (Wildman–Crippen LogP) is 1.18. The Kier molecular flexibility index (Phi) is 2.55. The molecule has 14 heavy (non-hydrogen) atoms. The number of hydrogen-bond donors (Lipinski definition) is 1. The van der Waals surface area contributed by atoms with Crippen molar-refractivity contribution in [2.24, 2.45) is 5.73 Å². The van der Waals surface area contributed by atoms with E-state index in [1.165, 1.54) is 6.20 Å². The van der Waals surface area contributed by atoms with Crippen molar-refractivity contribution in [3.05, 3.63) is 23.3 Å². The Hall–Kier alpha value is -1.45. The molecule has 0 bridgehead atoms. The minimum absolute atomic E-state index is 0.110. The summed E-state index contributed by atoms with van der Waals surface area (Å²) < 4.78 is 0. The Morgan fingerprint density at radius 2 is 2.00 bits per heavy atom. The zero-order valence-electron chi connectivity index (χ0n) is 8.96. The summed E-state index contributed by atoms with van der Waals surface area (Å²) in [6.45, 7) is 7.82. The standard InChI is InChI=1S/C10H15N3O/c1-6-7(8(11)14)5-12-9(13-6)10(2,3)4/h5H,1-4H3,(H2,11,14). The van der Waals surface area contributed by atoms with E-state index in [9.17, 15) is 4.79 Å². The van der Waals surface area contributed by atoms with Gasteiger partial charge >= 0.3 is 0 Å². The molecule has 0 fully saturated rings. The summed E-state index contributed by atoms with van der Waals surface area (Å²) in [5.41, 5.74) is 6.07. The van der Waals surface area contributed by atoms with E-state index < -0.39 is 5.91 Å². The van der Waals surface area contributed by atoms with Crippen molar-refractivity contribution in [3.8, 4) is 0 Å². The number of rotatable bonds is 1. The first-order valence-corrected chi connectivity index (χ1v) is 4.46. The first-order valence-electron chi connectivity index (χ1n) is 4.46. The lowest BCUT2D eigenvalue weighted by atomic mass is 9.95. The van der Waals surface area contributed by atoms with Gasteiger partial charge in [0.1, 0.15) is 5.82 Å². The highest BCUT2D eigenvalue weighted by molar-refractivity contribution is 5.93. The first-order chi connectivity index (χ1) is 6.32. The Morgan fingerprint density at radius 3 is 2.36 bits per heavy atom. The Morgan fingerprint density at radius 1 is 1.43 bits per heavy atom. The highest BCUT2D eigenvalue weighted by Gasteiger charge is 2.18. The van der Waals surface area contributed by atoms with Crippen molar-refractivity contribution < 1.29 is 4.79 Å². The number of carbonyl (C=O) groups is 1. The number of nitrogens with zero attached hydrogens (tertiary/aromatic N) is 2. The van der Waals surface area contributed by atoms with Crippen LogP contribution in [-0.2, 0) is 5.41 Å². The fourth-order valence-electron chi connectivity index (χ4n) is 1.07. The van der Waals surface area contributed by atoms with Gasteiger partial charge in [-0.1, -0.05) is 20.8 Å². The van der Waals surface area contributed by atoms with Crippen LogP contribution in [0.2, 0.25) is 0 Å². The molecular weight excluding hydrogens is 178 g/mol. The van der Waals surface area contributed by atoms with E-state index in [1.807, 2.05) is 20.8 Å². The maximum Gasteiger partial charge on any atom is 0.252 e. The number of primary amides is 1. The van der Waals surface area contributed by atoms with Gasteiger partial charge in [-0.15, -0.1) is 0 Å².